The fraction of sp³-hybridized carbons (Fsp3) is 0.235. The van der Waals surface area contributed by atoms with E-state index in [4.69, 9.17) is 0 Å². The lowest BCUT2D eigenvalue weighted by atomic mass is 10.3. The molecule has 0 saturated heterocycles. The second-order valence-electron chi connectivity index (χ2n) is 5.66. The molecule has 1 amide bonds. The number of hydrogen-bond acceptors (Lipinski definition) is 6. The van der Waals surface area contributed by atoms with Gasteiger partial charge in [-0.25, -0.2) is 24.3 Å². The van der Waals surface area contributed by atoms with Crippen LogP contribution in [-0.2, 0) is 6.54 Å². The quantitative estimate of drug-likeness (QED) is 0.385. The van der Waals surface area contributed by atoms with Crippen molar-refractivity contribution < 1.29 is 4.79 Å². The van der Waals surface area contributed by atoms with Crippen molar-refractivity contribution in [1.82, 2.24) is 29.2 Å². The van der Waals surface area contributed by atoms with Crippen molar-refractivity contribution in [1.29, 1.82) is 0 Å². The molecule has 9 heteroatoms. The van der Waals surface area contributed by atoms with Crippen LogP contribution in [-0.4, -0.2) is 55.5 Å². The Morgan fingerprint density at radius 2 is 2.12 bits per heavy atom. The number of carbonyl (C=O) groups excluding carboxylic acids is 1. The summed E-state index contributed by atoms with van der Waals surface area (Å²) in [6.45, 7) is 3.99. The Labute approximate surface area is 154 Å². The molecule has 0 N–H and O–H groups in total. The minimum absolute atomic E-state index is 0.222. The van der Waals surface area contributed by atoms with Gasteiger partial charge in [-0.2, -0.15) is 0 Å². The number of pyridine rings is 1. The SMILES string of the molecule is C=CCn1c(=O)c2cnc(SC)nc2n1-c1cccc(C(=O)N(C)C)n1. The smallest absolute Gasteiger partial charge is 0.278 e. The van der Waals surface area contributed by atoms with E-state index in [-0.39, 0.29) is 23.7 Å². The standard InChI is InChI=1S/C17H18N6O2S/c1-5-9-22-15(24)11-10-18-17(26-4)20-14(11)23(22)13-8-6-7-12(19-13)16(25)21(2)3/h5-8,10H,1,9H2,2-4H3. The van der Waals surface area contributed by atoms with Crippen LogP contribution in [0.5, 0.6) is 0 Å². The van der Waals surface area contributed by atoms with Gasteiger partial charge in [-0.1, -0.05) is 23.9 Å². The minimum Gasteiger partial charge on any atom is -0.343 e. The number of amides is 1. The molecule has 0 aliphatic rings. The molecule has 0 atom stereocenters. The average molecular weight is 370 g/mol. The van der Waals surface area contributed by atoms with E-state index in [2.05, 4.69) is 21.5 Å². The topological polar surface area (TPSA) is 85.9 Å². The molecular weight excluding hydrogens is 352 g/mol. The number of rotatable bonds is 5. The Morgan fingerprint density at radius 3 is 2.77 bits per heavy atom. The zero-order valence-corrected chi connectivity index (χ0v) is 15.5. The number of thioether (sulfide) groups is 1. The van der Waals surface area contributed by atoms with E-state index in [1.54, 1.807) is 43.1 Å². The lowest BCUT2D eigenvalue weighted by Crippen LogP contribution is -2.25. The van der Waals surface area contributed by atoms with E-state index in [0.29, 0.717) is 22.0 Å². The first-order chi connectivity index (χ1) is 12.5. The maximum absolute atomic E-state index is 12.7. The first kappa shape index (κ1) is 17.9. The fourth-order valence-electron chi connectivity index (χ4n) is 2.52. The molecular formula is C17H18N6O2S. The lowest BCUT2D eigenvalue weighted by Gasteiger charge is -2.13. The van der Waals surface area contributed by atoms with Gasteiger partial charge in [0, 0.05) is 20.3 Å². The number of allylic oxidation sites excluding steroid dienone is 1. The molecule has 134 valence electrons. The monoisotopic (exact) mass is 370 g/mol. The van der Waals surface area contributed by atoms with Gasteiger partial charge in [0.05, 0.1) is 6.54 Å². The van der Waals surface area contributed by atoms with E-state index in [0.717, 1.165) is 0 Å². The van der Waals surface area contributed by atoms with Gasteiger partial charge < -0.3 is 4.90 Å². The Kier molecular flexibility index (Phi) is 4.90. The van der Waals surface area contributed by atoms with Crippen molar-refractivity contribution in [3.05, 3.63) is 53.1 Å². The summed E-state index contributed by atoms with van der Waals surface area (Å²) in [4.78, 5) is 39.5. The highest BCUT2D eigenvalue weighted by molar-refractivity contribution is 7.98. The second kappa shape index (κ2) is 7.12. The van der Waals surface area contributed by atoms with Crippen molar-refractivity contribution in [2.24, 2.45) is 0 Å². The minimum atomic E-state index is -0.237. The van der Waals surface area contributed by atoms with Gasteiger partial charge in [0.15, 0.2) is 16.6 Å². The molecule has 3 aromatic heterocycles. The average Bonchev–Trinajstić information content (AvgIpc) is 2.93. The molecule has 0 aliphatic heterocycles. The van der Waals surface area contributed by atoms with Crippen molar-refractivity contribution in [2.75, 3.05) is 20.4 Å². The maximum atomic E-state index is 12.7. The second-order valence-corrected chi connectivity index (χ2v) is 6.44. The highest BCUT2D eigenvalue weighted by Crippen LogP contribution is 2.17. The number of hydrogen-bond donors (Lipinski definition) is 0. The van der Waals surface area contributed by atoms with Crippen LogP contribution in [0, 0.1) is 0 Å². The maximum Gasteiger partial charge on any atom is 0.278 e. The third-order valence-corrected chi connectivity index (χ3v) is 4.28. The molecule has 0 radical (unpaired) electrons. The molecule has 3 heterocycles. The van der Waals surface area contributed by atoms with Gasteiger partial charge in [0.2, 0.25) is 0 Å². The first-order valence-electron chi connectivity index (χ1n) is 7.80. The third-order valence-electron chi connectivity index (χ3n) is 3.71. The molecule has 0 unspecified atom stereocenters. The number of nitrogens with zero attached hydrogens (tertiary/aromatic N) is 6. The van der Waals surface area contributed by atoms with Crippen LogP contribution in [0.25, 0.3) is 16.9 Å². The number of aromatic nitrogens is 5. The fourth-order valence-corrected chi connectivity index (χ4v) is 2.86. The van der Waals surface area contributed by atoms with Crippen molar-refractivity contribution in [2.45, 2.75) is 11.7 Å². The Balaban J connectivity index is 2.31. The van der Waals surface area contributed by atoms with E-state index < -0.39 is 0 Å². The van der Waals surface area contributed by atoms with Gasteiger partial charge >= 0.3 is 0 Å². The predicted molar refractivity (Wildman–Crippen MR) is 101 cm³/mol. The molecule has 0 fully saturated rings. The third kappa shape index (κ3) is 3.01. The summed E-state index contributed by atoms with van der Waals surface area (Å²) in [6.07, 6.45) is 4.99. The largest absolute Gasteiger partial charge is 0.343 e. The Morgan fingerprint density at radius 1 is 1.35 bits per heavy atom. The van der Waals surface area contributed by atoms with Crippen LogP contribution in [0.4, 0.5) is 0 Å². The van der Waals surface area contributed by atoms with Gasteiger partial charge in [0.25, 0.3) is 11.5 Å². The molecule has 0 aromatic carbocycles. The van der Waals surface area contributed by atoms with E-state index in [1.165, 1.54) is 27.5 Å². The Hall–Kier alpha value is -2.94. The molecule has 3 aromatic rings. The zero-order valence-electron chi connectivity index (χ0n) is 14.7. The van der Waals surface area contributed by atoms with E-state index in [9.17, 15) is 9.59 Å². The highest BCUT2D eigenvalue weighted by atomic mass is 32.2. The molecule has 8 nitrogen and oxygen atoms in total. The summed E-state index contributed by atoms with van der Waals surface area (Å²) in [5.41, 5.74) is 0.489. The summed E-state index contributed by atoms with van der Waals surface area (Å²) in [5, 5.41) is 0.929. The number of carbonyl (C=O) groups is 1. The number of fused-ring (bicyclic) bond motifs is 1. The highest BCUT2D eigenvalue weighted by Gasteiger charge is 2.19. The molecule has 26 heavy (non-hydrogen) atoms. The summed E-state index contributed by atoms with van der Waals surface area (Å²) in [5.74, 6) is 0.206. The first-order valence-corrected chi connectivity index (χ1v) is 9.03. The van der Waals surface area contributed by atoms with Crippen molar-refractivity contribution in [3.63, 3.8) is 0 Å². The normalized spacial score (nSPS) is 10.9. The summed E-state index contributed by atoms with van der Waals surface area (Å²) < 4.78 is 3.08. The predicted octanol–water partition coefficient (Wildman–Crippen LogP) is 1.59. The van der Waals surface area contributed by atoms with Crippen LogP contribution in [0.15, 0.2) is 47.0 Å². The zero-order chi connectivity index (χ0) is 18.8. The molecule has 0 spiro atoms. The summed E-state index contributed by atoms with van der Waals surface area (Å²) in [7, 11) is 3.32. The van der Waals surface area contributed by atoms with Crippen LogP contribution in [0.2, 0.25) is 0 Å². The van der Waals surface area contributed by atoms with Gasteiger partial charge in [-0.15, -0.1) is 6.58 Å². The van der Waals surface area contributed by atoms with E-state index >= 15 is 0 Å². The molecule has 0 saturated carbocycles. The molecule has 0 bridgehead atoms. The summed E-state index contributed by atoms with van der Waals surface area (Å²) >= 11 is 1.38. The van der Waals surface area contributed by atoms with Crippen LogP contribution in [0.3, 0.4) is 0 Å². The van der Waals surface area contributed by atoms with Crippen molar-refractivity contribution >= 4 is 28.7 Å². The van der Waals surface area contributed by atoms with Crippen LogP contribution in [0.1, 0.15) is 10.5 Å². The molecule has 0 aliphatic carbocycles. The van der Waals surface area contributed by atoms with Gasteiger partial charge in [-0.05, 0) is 18.4 Å². The van der Waals surface area contributed by atoms with Crippen LogP contribution >= 0.6 is 11.8 Å². The Bertz CT molecular complexity index is 1050. The summed E-state index contributed by atoms with van der Waals surface area (Å²) in [6, 6.07) is 5.09. The van der Waals surface area contributed by atoms with Gasteiger partial charge in [-0.3, -0.25) is 9.59 Å². The van der Waals surface area contributed by atoms with Crippen LogP contribution < -0.4 is 5.56 Å². The van der Waals surface area contributed by atoms with Crippen molar-refractivity contribution in [3.8, 4) is 5.82 Å². The molecule has 3 rings (SSSR count). The van der Waals surface area contributed by atoms with Gasteiger partial charge in [0.1, 0.15) is 11.1 Å². The lowest BCUT2D eigenvalue weighted by molar-refractivity contribution is 0.0822. The van der Waals surface area contributed by atoms with E-state index in [1.807, 2.05) is 6.26 Å².